The van der Waals surface area contributed by atoms with Crippen molar-refractivity contribution in [2.45, 2.75) is 31.7 Å². The molecule has 2 bridgehead atoms. The molecule has 2 saturated carbocycles. The summed E-state index contributed by atoms with van der Waals surface area (Å²) in [6, 6.07) is 4.15. The quantitative estimate of drug-likeness (QED) is 0.672. The highest BCUT2D eigenvalue weighted by Gasteiger charge is 2.39. The molecule has 2 heterocycles. The molecule has 26 heavy (non-hydrogen) atoms. The minimum absolute atomic E-state index is 0.342. The lowest BCUT2D eigenvalue weighted by Gasteiger charge is -2.30. The second kappa shape index (κ2) is 6.16. The number of piperazine rings is 1. The highest BCUT2D eigenvalue weighted by molar-refractivity contribution is 6.00. The third kappa shape index (κ3) is 2.70. The van der Waals surface area contributed by atoms with Crippen LogP contribution in [0, 0.1) is 11.8 Å². The van der Waals surface area contributed by atoms with Crippen LogP contribution < -0.4 is 15.5 Å². The lowest BCUT2D eigenvalue weighted by molar-refractivity contribution is 0.0697. The highest BCUT2D eigenvalue weighted by atomic mass is 16.4. The van der Waals surface area contributed by atoms with Crippen molar-refractivity contribution in [3.63, 3.8) is 0 Å². The molecule has 1 aliphatic heterocycles. The number of carboxylic acid groups (broad SMARTS) is 1. The predicted octanol–water partition coefficient (Wildman–Crippen LogP) is 2.27. The topological polar surface area (TPSA) is 93.3 Å². The number of aromatic amines is 1. The first-order chi connectivity index (χ1) is 12.7. The standard InChI is InChI=1S/C19H25N5O2/c25-18(26)13-9-15-16(10-17(13)24-5-3-20-4-6-24)23-19(22-15)21-14-8-11-1-2-12(14)7-11/h9-12,14,20H,1-8H2,(H,25,26)(H2,21,22,23)/t11-,12-,14-/m0/s1. The van der Waals surface area contributed by atoms with Crippen molar-refractivity contribution in [1.29, 1.82) is 0 Å². The van der Waals surface area contributed by atoms with Crippen LogP contribution >= 0.6 is 0 Å². The Labute approximate surface area is 152 Å². The number of carbonyl (C=O) groups is 1. The molecule has 0 spiro atoms. The molecule has 2 aliphatic carbocycles. The van der Waals surface area contributed by atoms with Gasteiger partial charge in [-0.15, -0.1) is 0 Å². The fourth-order valence-electron chi connectivity index (χ4n) is 5.05. The van der Waals surface area contributed by atoms with E-state index in [1.165, 1.54) is 25.7 Å². The van der Waals surface area contributed by atoms with Gasteiger partial charge in [-0.05, 0) is 43.2 Å². The van der Waals surface area contributed by atoms with E-state index < -0.39 is 5.97 Å². The van der Waals surface area contributed by atoms with Crippen molar-refractivity contribution in [2.75, 3.05) is 36.4 Å². The van der Waals surface area contributed by atoms with Crippen LogP contribution in [0.2, 0.25) is 0 Å². The van der Waals surface area contributed by atoms with Crippen LogP contribution in [0.25, 0.3) is 11.0 Å². The van der Waals surface area contributed by atoms with Crippen LogP contribution in [0.15, 0.2) is 12.1 Å². The molecule has 5 rings (SSSR count). The SMILES string of the molecule is O=C(O)c1cc2[nH]c(N[C@H]3C[C@H]4CC[C@H]3C4)nc2cc1N1CCNCC1. The number of benzene rings is 1. The van der Waals surface area contributed by atoms with E-state index in [-0.39, 0.29) is 0 Å². The second-order valence-corrected chi connectivity index (χ2v) is 7.94. The number of nitrogens with one attached hydrogen (secondary N) is 3. The van der Waals surface area contributed by atoms with Gasteiger partial charge in [-0.3, -0.25) is 0 Å². The van der Waals surface area contributed by atoms with E-state index >= 15 is 0 Å². The summed E-state index contributed by atoms with van der Waals surface area (Å²) in [7, 11) is 0. The molecular formula is C19H25N5O2. The van der Waals surface area contributed by atoms with Gasteiger partial charge in [0.1, 0.15) is 0 Å². The van der Waals surface area contributed by atoms with Crippen molar-refractivity contribution in [2.24, 2.45) is 11.8 Å². The summed E-state index contributed by atoms with van der Waals surface area (Å²) in [5, 5.41) is 16.6. The van der Waals surface area contributed by atoms with Gasteiger partial charge >= 0.3 is 5.97 Å². The first kappa shape index (κ1) is 15.9. The van der Waals surface area contributed by atoms with Crippen LogP contribution in [-0.2, 0) is 0 Å². The van der Waals surface area contributed by atoms with Gasteiger partial charge in [-0.2, -0.15) is 0 Å². The Balaban J connectivity index is 1.46. The van der Waals surface area contributed by atoms with E-state index in [1.54, 1.807) is 6.07 Å². The minimum atomic E-state index is -0.891. The minimum Gasteiger partial charge on any atom is -0.478 e. The molecule has 1 aromatic heterocycles. The first-order valence-electron chi connectivity index (χ1n) is 9.66. The largest absolute Gasteiger partial charge is 0.478 e. The van der Waals surface area contributed by atoms with E-state index in [0.29, 0.717) is 11.6 Å². The molecule has 3 atom stereocenters. The van der Waals surface area contributed by atoms with Crippen molar-refractivity contribution < 1.29 is 9.90 Å². The Morgan fingerprint density at radius 1 is 1.23 bits per heavy atom. The number of imidazole rings is 1. The number of carboxylic acids is 1. The van der Waals surface area contributed by atoms with Crippen molar-refractivity contribution in [3.8, 4) is 0 Å². The van der Waals surface area contributed by atoms with E-state index in [2.05, 4.69) is 20.5 Å². The molecule has 4 N–H and O–H groups in total. The first-order valence-corrected chi connectivity index (χ1v) is 9.66. The average molecular weight is 355 g/mol. The third-order valence-electron chi connectivity index (χ3n) is 6.35. The Morgan fingerprint density at radius 2 is 2.08 bits per heavy atom. The van der Waals surface area contributed by atoms with Crippen molar-refractivity contribution >= 4 is 28.6 Å². The van der Waals surface area contributed by atoms with E-state index in [9.17, 15) is 9.90 Å². The molecule has 0 unspecified atom stereocenters. The summed E-state index contributed by atoms with van der Waals surface area (Å²) >= 11 is 0. The van der Waals surface area contributed by atoms with Crippen molar-refractivity contribution in [1.82, 2.24) is 15.3 Å². The Bertz CT molecular complexity index is 842. The van der Waals surface area contributed by atoms with Gasteiger partial charge in [0.05, 0.1) is 22.3 Å². The van der Waals surface area contributed by atoms with Gasteiger partial charge < -0.3 is 25.6 Å². The number of fused-ring (bicyclic) bond motifs is 3. The zero-order valence-electron chi connectivity index (χ0n) is 14.8. The summed E-state index contributed by atoms with van der Waals surface area (Å²) in [4.78, 5) is 21.9. The predicted molar refractivity (Wildman–Crippen MR) is 101 cm³/mol. The highest BCUT2D eigenvalue weighted by Crippen LogP contribution is 2.45. The fourth-order valence-corrected chi connectivity index (χ4v) is 5.05. The summed E-state index contributed by atoms with van der Waals surface area (Å²) in [6.45, 7) is 3.36. The lowest BCUT2D eigenvalue weighted by Crippen LogP contribution is -2.44. The van der Waals surface area contributed by atoms with Gasteiger partial charge in [-0.1, -0.05) is 6.42 Å². The zero-order valence-corrected chi connectivity index (χ0v) is 14.8. The Hall–Kier alpha value is -2.28. The molecular weight excluding hydrogens is 330 g/mol. The number of rotatable bonds is 4. The Morgan fingerprint density at radius 3 is 2.77 bits per heavy atom. The monoisotopic (exact) mass is 355 g/mol. The third-order valence-corrected chi connectivity index (χ3v) is 6.35. The number of hydrogen-bond acceptors (Lipinski definition) is 5. The van der Waals surface area contributed by atoms with E-state index in [0.717, 1.165) is 60.7 Å². The molecule has 3 fully saturated rings. The molecule has 7 nitrogen and oxygen atoms in total. The number of anilines is 2. The smallest absolute Gasteiger partial charge is 0.337 e. The summed E-state index contributed by atoms with van der Waals surface area (Å²) in [6.07, 6.45) is 5.26. The maximum atomic E-state index is 11.8. The second-order valence-electron chi connectivity index (χ2n) is 7.94. The fraction of sp³-hybridized carbons (Fsp3) is 0.579. The molecule has 0 radical (unpaired) electrons. The summed E-state index contributed by atoms with van der Waals surface area (Å²) < 4.78 is 0. The normalized spacial score (nSPS) is 28.0. The molecule has 2 aromatic rings. The summed E-state index contributed by atoms with van der Waals surface area (Å²) in [5.74, 6) is 1.52. The van der Waals surface area contributed by atoms with Gasteiger partial charge in [-0.25, -0.2) is 9.78 Å². The van der Waals surface area contributed by atoms with E-state index in [4.69, 9.17) is 4.98 Å². The number of hydrogen-bond donors (Lipinski definition) is 4. The molecule has 138 valence electrons. The van der Waals surface area contributed by atoms with Gasteiger partial charge in [0.15, 0.2) is 0 Å². The molecule has 1 aromatic carbocycles. The van der Waals surface area contributed by atoms with Crippen LogP contribution in [0.4, 0.5) is 11.6 Å². The number of aromatic nitrogens is 2. The zero-order chi connectivity index (χ0) is 17.7. The maximum Gasteiger partial charge on any atom is 0.337 e. The average Bonchev–Trinajstić information content (AvgIpc) is 3.36. The van der Waals surface area contributed by atoms with Gasteiger partial charge in [0.25, 0.3) is 0 Å². The molecule has 7 heteroatoms. The van der Waals surface area contributed by atoms with E-state index in [1.807, 2.05) is 6.07 Å². The van der Waals surface area contributed by atoms with Crippen molar-refractivity contribution in [3.05, 3.63) is 17.7 Å². The maximum absolute atomic E-state index is 11.8. The molecule has 3 aliphatic rings. The number of aromatic carboxylic acids is 1. The molecule has 1 saturated heterocycles. The van der Waals surface area contributed by atoms with Crippen LogP contribution in [0.1, 0.15) is 36.0 Å². The molecule has 0 amide bonds. The number of nitrogens with zero attached hydrogens (tertiary/aromatic N) is 2. The van der Waals surface area contributed by atoms with Crippen LogP contribution in [0.5, 0.6) is 0 Å². The van der Waals surface area contributed by atoms with Crippen LogP contribution in [-0.4, -0.2) is 53.3 Å². The van der Waals surface area contributed by atoms with Gasteiger partial charge in [0.2, 0.25) is 5.95 Å². The summed E-state index contributed by atoms with van der Waals surface area (Å²) in [5.41, 5.74) is 2.72. The number of H-pyrrole nitrogens is 1. The Kier molecular flexibility index (Phi) is 3.77. The van der Waals surface area contributed by atoms with Crippen LogP contribution in [0.3, 0.4) is 0 Å². The van der Waals surface area contributed by atoms with Gasteiger partial charge in [0, 0.05) is 32.2 Å². The lowest BCUT2D eigenvalue weighted by atomic mass is 9.95.